The highest BCUT2D eigenvalue weighted by atomic mass is 19.4. The number of rotatable bonds is 4. The van der Waals surface area contributed by atoms with Crippen molar-refractivity contribution in [2.24, 2.45) is 0 Å². The van der Waals surface area contributed by atoms with E-state index in [0.29, 0.717) is 17.7 Å². The summed E-state index contributed by atoms with van der Waals surface area (Å²) in [6.45, 7) is 3.33. The van der Waals surface area contributed by atoms with Crippen molar-refractivity contribution < 1.29 is 18.0 Å². The summed E-state index contributed by atoms with van der Waals surface area (Å²) in [6.07, 6.45) is -0.359. The molecule has 0 fully saturated rings. The minimum atomic E-state index is -4.43. The topological polar surface area (TPSA) is 46.1 Å². The number of aromatic nitrogens is 2. The SMILES string of the molecule is Cc1cc(C(=O)Cc2cccc(C(F)(F)F)c2)cc(N2CCc3ncncc3C2)c1. The van der Waals surface area contributed by atoms with Gasteiger partial charge in [-0.2, -0.15) is 13.2 Å². The molecule has 4 nitrogen and oxygen atoms in total. The third kappa shape index (κ3) is 4.35. The van der Waals surface area contributed by atoms with Crippen molar-refractivity contribution in [1.29, 1.82) is 0 Å². The normalized spacial score (nSPS) is 13.8. The largest absolute Gasteiger partial charge is 0.416 e. The van der Waals surface area contributed by atoms with Crippen LogP contribution in [-0.4, -0.2) is 22.3 Å². The van der Waals surface area contributed by atoms with E-state index < -0.39 is 11.7 Å². The molecule has 30 heavy (non-hydrogen) atoms. The molecule has 0 atom stereocenters. The molecule has 0 aliphatic carbocycles. The fourth-order valence-electron chi connectivity index (χ4n) is 3.74. The van der Waals surface area contributed by atoms with Gasteiger partial charge < -0.3 is 4.90 Å². The van der Waals surface area contributed by atoms with Crippen molar-refractivity contribution in [2.75, 3.05) is 11.4 Å². The molecule has 1 aliphatic heterocycles. The summed E-state index contributed by atoms with van der Waals surface area (Å²) in [5.41, 5.74) is 4.04. The van der Waals surface area contributed by atoms with Crippen LogP contribution in [0.15, 0.2) is 55.0 Å². The predicted molar refractivity (Wildman–Crippen MR) is 107 cm³/mol. The number of hydrogen-bond acceptors (Lipinski definition) is 4. The van der Waals surface area contributed by atoms with Gasteiger partial charge in [0.1, 0.15) is 6.33 Å². The van der Waals surface area contributed by atoms with Crippen LogP contribution in [0.2, 0.25) is 0 Å². The summed E-state index contributed by atoms with van der Waals surface area (Å²) in [6, 6.07) is 10.5. The molecule has 0 bridgehead atoms. The van der Waals surface area contributed by atoms with Gasteiger partial charge in [-0.05, 0) is 42.3 Å². The maximum Gasteiger partial charge on any atom is 0.416 e. The van der Waals surface area contributed by atoms with Gasteiger partial charge in [0.2, 0.25) is 0 Å². The molecule has 0 saturated carbocycles. The summed E-state index contributed by atoms with van der Waals surface area (Å²) in [5.74, 6) is -0.208. The Bertz CT molecular complexity index is 1100. The second-order valence-corrected chi connectivity index (χ2v) is 7.52. The molecule has 2 aromatic carbocycles. The van der Waals surface area contributed by atoms with E-state index in [1.165, 1.54) is 6.07 Å². The van der Waals surface area contributed by atoms with Crippen LogP contribution < -0.4 is 4.90 Å². The van der Waals surface area contributed by atoms with Gasteiger partial charge in [0.15, 0.2) is 5.78 Å². The van der Waals surface area contributed by atoms with E-state index in [9.17, 15) is 18.0 Å². The van der Waals surface area contributed by atoms with Crippen LogP contribution >= 0.6 is 0 Å². The van der Waals surface area contributed by atoms with Gasteiger partial charge >= 0.3 is 6.18 Å². The zero-order valence-electron chi connectivity index (χ0n) is 16.4. The number of aryl methyl sites for hydroxylation is 1. The lowest BCUT2D eigenvalue weighted by molar-refractivity contribution is -0.137. The van der Waals surface area contributed by atoms with Crippen LogP contribution in [0.3, 0.4) is 0 Å². The Morgan fingerprint density at radius 2 is 2.00 bits per heavy atom. The summed E-state index contributed by atoms with van der Waals surface area (Å²) in [7, 11) is 0. The van der Waals surface area contributed by atoms with Crippen molar-refractivity contribution in [1.82, 2.24) is 9.97 Å². The third-order valence-corrected chi connectivity index (χ3v) is 5.23. The first kappa shape index (κ1) is 20.1. The second kappa shape index (κ2) is 7.89. The molecule has 2 heterocycles. The fraction of sp³-hybridized carbons (Fsp3) is 0.261. The number of benzene rings is 2. The lowest BCUT2D eigenvalue weighted by atomic mass is 9.98. The van der Waals surface area contributed by atoms with Gasteiger partial charge in [-0.3, -0.25) is 4.79 Å². The minimum absolute atomic E-state index is 0.0799. The van der Waals surface area contributed by atoms with Gasteiger partial charge in [0.05, 0.1) is 11.3 Å². The van der Waals surface area contributed by atoms with E-state index in [2.05, 4.69) is 14.9 Å². The van der Waals surface area contributed by atoms with Gasteiger partial charge in [0, 0.05) is 48.9 Å². The molecular weight excluding hydrogens is 391 g/mol. The van der Waals surface area contributed by atoms with Crippen molar-refractivity contribution >= 4 is 11.5 Å². The lowest BCUT2D eigenvalue weighted by Gasteiger charge is -2.30. The minimum Gasteiger partial charge on any atom is -0.367 e. The van der Waals surface area contributed by atoms with Crippen LogP contribution in [0.5, 0.6) is 0 Å². The quantitative estimate of drug-likeness (QED) is 0.579. The third-order valence-electron chi connectivity index (χ3n) is 5.23. The molecule has 4 rings (SSSR count). The number of fused-ring (bicyclic) bond motifs is 1. The first-order valence-corrected chi connectivity index (χ1v) is 9.63. The van der Waals surface area contributed by atoms with E-state index in [0.717, 1.165) is 47.6 Å². The summed E-state index contributed by atoms with van der Waals surface area (Å²) < 4.78 is 38.8. The monoisotopic (exact) mass is 411 g/mol. The van der Waals surface area contributed by atoms with E-state index in [1.54, 1.807) is 18.5 Å². The number of ketones is 1. The molecule has 7 heteroatoms. The number of carbonyl (C=O) groups excluding carboxylic acids is 1. The average molecular weight is 411 g/mol. The van der Waals surface area contributed by atoms with Crippen LogP contribution in [0, 0.1) is 6.92 Å². The van der Waals surface area contributed by atoms with Crippen LogP contribution in [0.25, 0.3) is 0 Å². The maximum absolute atomic E-state index is 12.9. The highest BCUT2D eigenvalue weighted by molar-refractivity contribution is 5.98. The molecule has 154 valence electrons. The van der Waals surface area contributed by atoms with Crippen molar-refractivity contribution in [3.63, 3.8) is 0 Å². The number of anilines is 1. The fourth-order valence-corrected chi connectivity index (χ4v) is 3.74. The van der Waals surface area contributed by atoms with Crippen LogP contribution in [0.4, 0.5) is 18.9 Å². The standard InChI is InChI=1S/C23H20F3N3O/c1-15-7-17(22(30)10-16-3-2-4-19(9-16)23(24,25)26)11-20(8-15)29-6-5-21-18(13-29)12-27-14-28-21/h2-4,7-9,11-12,14H,5-6,10,13H2,1H3. The molecule has 0 amide bonds. The van der Waals surface area contributed by atoms with E-state index in [4.69, 9.17) is 0 Å². The summed E-state index contributed by atoms with van der Waals surface area (Å²) in [4.78, 5) is 23.4. The maximum atomic E-state index is 12.9. The number of Topliss-reactive ketones (excluding diaryl/α,β-unsaturated/α-hetero) is 1. The highest BCUT2D eigenvalue weighted by Gasteiger charge is 2.30. The number of nitrogens with zero attached hydrogens (tertiary/aromatic N) is 3. The Kier molecular flexibility index (Phi) is 5.28. The van der Waals surface area contributed by atoms with E-state index in [1.807, 2.05) is 25.3 Å². The smallest absolute Gasteiger partial charge is 0.367 e. The molecule has 0 N–H and O–H groups in total. The molecule has 3 aromatic rings. The van der Waals surface area contributed by atoms with E-state index in [-0.39, 0.29) is 12.2 Å². The highest BCUT2D eigenvalue weighted by Crippen LogP contribution is 2.30. The van der Waals surface area contributed by atoms with Crippen LogP contribution in [-0.2, 0) is 25.6 Å². The van der Waals surface area contributed by atoms with Crippen molar-refractivity contribution in [3.8, 4) is 0 Å². The number of carbonyl (C=O) groups is 1. The van der Waals surface area contributed by atoms with Gasteiger partial charge in [0.25, 0.3) is 0 Å². The number of alkyl halides is 3. The first-order valence-electron chi connectivity index (χ1n) is 9.63. The van der Waals surface area contributed by atoms with Gasteiger partial charge in [-0.1, -0.05) is 18.2 Å². The summed E-state index contributed by atoms with van der Waals surface area (Å²) in [5, 5.41) is 0. The molecule has 1 aliphatic rings. The Labute approximate surface area is 172 Å². The van der Waals surface area contributed by atoms with Crippen molar-refractivity contribution in [3.05, 3.63) is 88.5 Å². The summed E-state index contributed by atoms with van der Waals surface area (Å²) >= 11 is 0. The molecule has 0 spiro atoms. The zero-order chi connectivity index (χ0) is 21.3. The molecular formula is C23H20F3N3O. The predicted octanol–water partition coefficient (Wildman–Crippen LogP) is 4.79. The molecule has 0 saturated heterocycles. The first-order chi connectivity index (χ1) is 14.3. The average Bonchev–Trinajstić information content (AvgIpc) is 2.72. The Morgan fingerprint density at radius 3 is 2.80 bits per heavy atom. The van der Waals surface area contributed by atoms with Crippen LogP contribution in [0.1, 0.15) is 38.3 Å². The Hall–Kier alpha value is -3.22. The Balaban J connectivity index is 1.56. The second-order valence-electron chi connectivity index (χ2n) is 7.52. The Morgan fingerprint density at radius 1 is 1.17 bits per heavy atom. The van der Waals surface area contributed by atoms with Gasteiger partial charge in [-0.25, -0.2) is 9.97 Å². The molecule has 1 aromatic heterocycles. The molecule has 0 unspecified atom stereocenters. The number of halogens is 3. The lowest BCUT2D eigenvalue weighted by Crippen LogP contribution is -2.31. The molecule has 0 radical (unpaired) electrons. The van der Waals surface area contributed by atoms with Crippen molar-refractivity contribution in [2.45, 2.75) is 32.5 Å². The van der Waals surface area contributed by atoms with Gasteiger partial charge in [-0.15, -0.1) is 0 Å². The number of hydrogen-bond donors (Lipinski definition) is 0. The van der Waals surface area contributed by atoms with E-state index >= 15 is 0 Å². The zero-order valence-corrected chi connectivity index (χ0v) is 16.4.